The standard InChI is InChI=1S/C37H71NO6Si2/c1-33(2,3)43-32(41)38-22-28-29(17-19-37(11)30(28)20-25(23-39)31(37)40)36(10)18-16-27(44-46(14,15)35(7,8)9)21-26(36)24-42-45(12,13)34(4,5)6/h23,26-31,39-40H,16-22,24H2,1-15H3,(H,38,41)/b25-23-/t26-,27?,28-,29+,30+,31?,36+,37+/m1/s1. The minimum Gasteiger partial charge on any atom is -0.516 e. The molecule has 2 unspecified atom stereocenters. The SMILES string of the molecule is CC(C)(C)OC(=O)NC[C@@H]1[C@@H]([C@@]2(C)CCC(O[Si](C)(C)C(C)(C)C)C[C@@H]2CO[Si](C)(C)C(C)(C)C)CC[C@]2(C)C(O)/C(=C\O)C[C@@H]12. The quantitative estimate of drug-likeness (QED) is 0.174. The van der Waals surface area contributed by atoms with E-state index < -0.39 is 34.4 Å². The number of fused-ring (bicyclic) bond motifs is 1. The second-order valence-electron chi connectivity index (χ2n) is 19.7. The average molecular weight is 682 g/mol. The second-order valence-corrected chi connectivity index (χ2v) is 29.2. The van der Waals surface area contributed by atoms with E-state index in [1.54, 1.807) is 0 Å². The van der Waals surface area contributed by atoms with E-state index in [1.165, 1.54) is 0 Å². The van der Waals surface area contributed by atoms with Crippen LogP contribution in [0.5, 0.6) is 0 Å². The highest BCUT2D eigenvalue weighted by Gasteiger charge is 2.60. The number of rotatable bonds is 8. The lowest BCUT2D eigenvalue weighted by atomic mass is 9.49. The Hall–Kier alpha value is -0.876. The summed E-state index contributed by atoms with van der Waals surface area (Å²) in [6, 6.07) is 0. The van der Waals surface area contributed by atoms with Gasteiger partial charge in [-0.3, -0.25) is 0 Å². The Kier molecular flexibility index (Phi) is 11.6. The van der Waals surface area contributed by atoms with Gasteiger partial charge in [0.15, 0.2) is 16.6 Å². The zero-order chi connectivity index (χ0) is 35.3. The van der Waals surface area contributed by atoms with E-state index in [4.69, 9.17) is 13.6 Å². The number of ether oxygens (including phenoxy) is 1. The molecule has 3 aliphatic carbocycles. The lowest BCUT2D eigenvalue weighted by Gasteiger charge is -2.58. The number of carbonyl (C=O) groups is 1. The third-order valence-electron chi connectivity index (χ3n) is 13.4. The molecule has 3 aliphatic rings. The Morgan fingerprint density at radius 3 is 2.00 bits per heavy atom. The van der Waals surface area contributed by atoms with Crippen LogP contribution in [-0.2, 0) is 13.6 Å². The molecule has 0 radical (unpaired) electrons. The minimum absolute atomic E-state index is 0.0338. The van der Waals surface area contributed by atoms with E-state index in [9.17, 15) is 15.0 Å². The lowest BCUT2D eigenvalue weighted by molar-refractivity contribution is -0.108. The summed E-state index contributed by atoms with van der Waals surface area (Å²) in [5.74, 6) is 0.876. The summed E-state index contributed by atoms with van der Waals surface area (Å²) in [5.41, 5.74) is -0.252. The van der Waals surface area contributed by atoms with Crippen molar-refractivity contribution >= 4 is 22.7 Å². The normalized spacial score (nSPS) is 35.6. The maximum atomic E-state index is 13.0. The second kappa shape index (κ2) is 13.4. The van der Waals surface area contributed by atoms with Gasteiger partial charge in [-0.25, -0.2) is 4.79 Å². The van der Waals surface area contributed by atoms with Gasteiger partial charge in [0.1, 0.15) is 5.60 Å². The molecule has 0 aromatic carbocycles. The highest BCUT2D eigenvalue weighted by atomic mass is 28.4. The van der Waals surface area contributed by atoms with Gasteiger partial charge in [-0.15, -0.1) is 0 Å². The first-order valence-corrected chi connectivity index (χ1v) is 23.8. The topological polar surface area (TPSA) is 97.3 Å². The van der Waals surface area contributed by atoms with Gasteiger partial charge in [-0.1, -0.05) is 55.4 Å². The Morgan fingerprint density at radius 2 is 1.48 bits per heavy atom. The van der Waals surface area contributed by atoms with Gasteiger partial charge in [-0.05, 0) is 130 Å². The van der Waals surface area contributed by atoms with Crippen LogP contribution in [0.4, 0.5) is 4.79 Å². The van der Waals surface area contributed by atoms with Crippen LogP contribution in [0.2, 0.25) is 36.3 Å². The third kappa shape index (κ3) is 8.28. The largest absolute Gasteiger partial charge is 0.516 e. The molecule has 7 nitrogen and oxygen atoms in total. The molecule has 0 aromatic rings. The lowest BCUT2D eigenvalue weighted by Crippen LogP contribution is -2.56. The fourth-order valence-electron chi connectivity index (χ4n) is 8.24. The molecule has 3 fully saturated rings. The van der Waals surface area contributed by atoms with Crippen molar-refractivity contribution in [3.05, 3.63) is 11.8 Å². The summed E-state index contributed by atoms with van der Waals surface area (Å²) in [7, 11) is -3.95. The summed E-state index contributed by atoms with van der Waals surface area (Å²) in [4.78, 5) is 13.0. The fourth-order valence-corrected chi connectivity index (χ4v) is 10.7. The molecule has 46 heavy (non-hydrogen) atoms. The summed E-state index contributed by atoms with van der Waals surface area (Å²) in [6.45, 7) is 34.8. The number of aliphatic hydroxyl groups excluding tert-OH is 2. The van der Waals surface area contributed by atoms with E-state index in [0.717, 1.165) is 45.0 Å². The molecule has 8 atom stereocenters. The number of alkyl carbamates (subject to hydrolysis) is 1. The molecule has 3 saturated carbocycles. The number of hydrogen-bond donors (Lipinski definition) is 3. The molecule has 3 N–H and O–H groups in total. The Bertz CT molecular complexity index is 1100. The van der Waals surface area contributed by atoms with Crippen LogP contribution in [0.1, 0.15) is 115 Å². The number of nitrogens with one attached hydrogen (secondary N) is 1. The van der Waals surface area contributed by atoms with Crippen LogP contribution in [0.3, 0.4) is 0 Å². The first-order valence-electron chi connectivity index (χ1n) is 18.0. The van der Waals surface area contributed by atoms with Crippen molar-refractivity contribution in [1.29, 1.82) is 0 Å². The minimum atomic E-state index is -2.00. The number of aliphatic hydroxyl groups is 2. The van der Waals surface area contributed by atoms with Crippen molar-refractivity contribution in [2.75, 3.05) is 13.2 Å². The van der Waals surface area contributed by atoms with Crippen LogP contribution < -0.4 is 5.32 Å². The highest BCUT2D eigenvalue weighted by molar-refractivity contribution is 6.74. The molecule has 0 aromatic heterocycles. The van der Waals surface area contributed by atoms with E-state index >= 15 is 0 Å². The van der Waals surface area contributed by atoms with E-state index in [0.29, 0.717) is 30.4 Å². The summed E-state index contributed by atoms with van der Waals surface area (Å²) in [6.07, 6.45) is 5.81. The summed E-state index contributed by atoms with van der Waals surface area (Å²) >= 11 is 0. The van der Waals surface area contributed by atoms with Crippen molar-refractivity contribution < 1.29 is 28.6 Å². The molecule has 268 valence electrons. The smallest absolute Gasteiger partial charge is 0.407 e. The van der Waals surface area contributed by atoms with E-state index in [2.05, 4.69) is 86.9 Å². The van der Waals surface area contributed by atoms with Gasteiger partial charge in [0.05, 0.1) is 12.4 Å². The zero-order valence-electron chi connectivity index (χ0n) is 32.2. The maximum Gasteiger partial charge on any atom is 0.407 e. The summed E-state index contributed by atoms with van der Waals surface area (Å²) in [5, 5.41) is 24.9. The third-order valence-corrected chi connectivity index (χ3v) is 22.4. The molecular weight excluding hydrogens is 611 g/mol. The van der Waals surface area contributed by atoms with Crippen LogP contribution in [0, 0.1) is 34.5 Å². The van der Waals surface area contributed by atoms with Crippen molar-refractivity contribution in [3.63, 3.8) is 0 Å². The molecule has 0 saturated heterocycles. The molecule has 0 spiro atoms. The van der Waals surface area contributed by atoms with Crippen LogP contribution in [-0.4, -0.2) is 63.9 Å². The van der Waals surface area contributed by atoms with Gasteiger partial charge >= 0.3 is 6.09 Å². The van der Waals surface area contributed by atoms with Gasteiger partial charge in [0.25, 0.3) is 0 Å². The van der Waals surface area contributed by atoms with E-state index in [1.807, 2.05) is 20.8 Å². The van der Waals surface area contributed by atoms with Crippen molar-refractivity contribution in [2.45, 2.75) is 169 Å². The van der Waals surface area contributed by atoms with E-state index in [-0.39, 0.29) is 38.8 Å². The molecule has 0 bridgehead atoms. The predicted molar refractivity (Wildman–Crippen MR) is 194 cm³/mol. The number of carbonyl (C=O) groups excluding carboxylic acids is 1. The van der Waals surface area contributed by atoms with Crippen LogP contribution in [0.15, 0.2) is 11.8 Å². The summed E-state index contributed by atoms with van der Waals surface area (Å²) < 4.78 is 19.8. The molecule has 1 amide bonds. The van der Waals surface area contributed by atoms with Gasteiger partial charge in [0, 0.05) is 24.7 Å². The zero-order valence-corrected chi connectivity index (χ0v) is 34.2. The Balaban J connectivity index is 2.01. The van der Waals surface area contributed by atoms with Gasteiger partial charge in [-0.2, -0.15) is 0 Å². The van der Waals surface area contributed by atoms with Crippen molar-refractivity contribution in [3.8, 4) is 0 Å². The average Bonchev–Trinajstić information content (AvgIpc) is 3.15. The monoisotopic (exact) mass is 681 g/mol. The number of amides is 1. The molecule has 0 heterocycles. The molecule has 0 aliphatic heterocycles. The molecule has 9 heteroatoms. The number of hydrogen-bond acceptors (Lipinski definition) is 6. The Morgan fingerprint density at radius 1 is 0.913 bits per heavy atom. The van der Waals surface area contributed by atoms with Gasteiger partial charge in [0.2, 0.25) is 0 Å². The maximum absolute atomic E-state index is 13.0. The van der Waals surface area contributed by atoms with Gasteiger partial charge < -0.3 is 29.1 Å². The highest BCUT2D eigenvalue weighted by Crippen LogP contribution is 2.63. The predicted octanol–water partition coefficient (Wildman–Crippen LogP) is 9.58. The molecule has 3 rings (SSSR count). The fraction of sp³-hybridized carbons (Fsp3) is 0.919. The first kappa shape index (κ1) is 39.6. The van der Waals surface area contributed by atoms with Crippen molar-refractivity contribution in [2.24, 2.45) is 34.5 Å². The van der Waals surface area contributed by atoms with Crippen molar-refractivity contribution in [1.82, 2.24) is 5.32 Å². The Labute approximate surface area is 284 Å². The first-order chi connectivity index (χ1) is 20.7. The van der Waals surface area contributed by atoms with Crippen LogP contribution >= 0.6 is 0 Å². The van der Waals surface area contributed by atoms with Crippen LogP contribution in [0.25, 0.3) is 0 Å². The molecular formula is C37H71NO6Si2.